The minimum Gasteiger partial charge on any atom is -0.405 e. The number of allylic oxidation sites excluding steroid dienone is 1. The number of rotatable bonds is 5. The summed E-state index contributed by atoms with van der Waals surface area (Å²) in [6.07, 6.45) is 4.69. The van der Waals surface area contributed by atoms with Crippen molar-refractivity contribution in [3.05, 3.63) is 48.7 Å². The van der Waals surface area contributed by atoms with Gasteiger partial charge in [-0.15, -0.1) is 11.6 Å². The Morgan fingerprint density at radius 1 is 1.26 bits per heavy atom. The van der Waals surface area contributed by atoms with E-state index in [0.29, 0.717) is 18.8 Å². The second kappa shape index (κ2) is 8.39. The SMILES string of the molecule is C=C(/N=C\C=C/N)c1ccc(N2CCN(C(=O)CCl)CC2)cc1. The molecule has 0 unspecified atom stereocenters. The number of nitrogens with two attached hydrogens (primary N) is 1. The number of aliphatic imine (C=N–C) groups is 1. The predicted molar refractivity (Wildman–Crippen MR) is 96.8 cm³/mol. The molecular weight excluding hydrogens is 312 g/mol. The lowest BCUT2D eigenvalue weighted by atomic mass is 10.1. The van der Waals surface area contributed by atoms with Gasteiger partial charge in [0.1, 0.15) is 5.88 Å². The Morgan fingerprint density at radius 2 is 1.91 bits per heavy atom. The number of amides is 1. The maximum Gasteiger partial charge on any atom is 0.237 e. The monoisotopic (exact) mass is 332 g/mol. The molecule has 1 aliphatic rings. The van der Waals surface area contributed by atoms with Crippen LogP contribution in [0.2, 0.25) is 0 Å². The first-order valence-electron chi connectivity index (χ1n) is 7.44. The van der Waals surface area contributed by atoms with Gasteiger partial charge in [0.15, 0.2) is 0 Å². The summed E-state index contributed by atoms with van der Waals surface area (Å²) in [5.74, 6) is 0.0544. The third-order valence-corrected chi connectivity index (χ3v) is 3.97. The first kappa shape index (κ1) is 17.1. The number of carbonyl (C=O) groups excluding carboxylic acids is 1. The van der Waals surface area contributed by atoms with Crippen LogP contribution in [-0.4, -0.2) is 49.1 Å². The molecule has 6 heteroatoms. The number of alkyl halides is 1. The number of hydrogen-bond acceptors (Lipinski definition) is 4. The van der Waals surface area contributed by atoms with Crippen LogP contribution in [0.1, 0.15) is 5.56 Å². The van der Waals surface area contributed by atoms with Crippen LogP contribution in [0.25, 0.3) is 5.70 Å². The van der Waals surface area contributed by atoms with Crippen LogP contribution in [-0.2, 0) is 4.79 Å². The van der Waals surface area contributed by atoms with Crippen LogP contribution >= 0.6 is 11.6 Å². The van der Waals surface area contributed by atoms with Crippen molar-refractivity contribution >= 4 is 35.1 Å². The quantitative estimate of drug-likeness (QED) is 0.663. The van der Waals surface area contributed by atoms with E-state index in [1.54, 1.807) is 17.2 Å². The molecule has 5 nitrogen and oxygen atoms in total. The first-order chi connectivity index (χ1) is 11.2. The summed E-state index contributed by atoms with van der Waals surface area (Å²) in [5, 5.41) is 0. The highest BCUT2D eigenvalue weighted by Crippen LogP contribution is 2.21. The van der Waals surface area contributed by atoms with Crippen LogP contribution in [0.4, 0.5) is 5.69 Å². The lowest BCUT2D eigenvalue weighted by Crippen LogP contribution is -2.49. The molecule has 1 aromatic carbocycles. The molecule has 0 bridgehead atoms. The van der Waals surface area contributed by atoms with Gasteiger partial charge in [0.2, 0.25) is 5.91 Å². The topological polar surface area (TPSA) is 61.9 Å². The van der Waals surface area contributed by atoms with Gasteiger partial charge in [-0.1, -0.05) is 18.7 Å². The molecule has 1 saturated heterocycles. The van der Waals surface area contributed by atoms with Gasteiger partial charge in [0.25, 0.3) is 0 Å². The Balaban J connectivity index is 1.95. The van der Waals surface area contributed by atoms with Gasteiger partial charge < -0.3 is 15.5 Å². The third kappa shape index (κ3) is 4.60. The molecule has 2 rings (SSSR count). The summed E-state index contributed by atoms with van der Waals surface area (Å²) in [5.41, 5.74) is 8.04. The summed E-state index contributed by atoms with van der Waals surface area (Å²) in [7, 11) is 0. The van der Waals surface area contributed by atoms with Gasteiger partial charge in [-0.25, -0.2) is 0 Å². The zero-order chi connectivity index (χ0) is 16.7. The minimum absolute atomic E-state index is 0.00218. The molecule has 0 saturated carbocycles. The van der Waals surface area contributed by atoms with Crippen molar-refractivity contribution in [2.45, 2.75) is 0 Å². The number of carbonyl (C=O) groups is 1. The van der Waals surface area contributed by atoms with Gasteiger partial charge in [-0.05, 0) is 30.0 Å². The van der Waals surface area contributed by atoms with Gasteiger partial charge in [-0.2, -0.15) is 0 Å². The second-order valence-corrected chi connectivity index (χ2v) is 5.43. The molecule has 0 atom stereocenters. The van der Waals surface area contributed by atoms with E-state index in [0.717, 1.165) is 24.3 Å². The standard InChI is InChI=1S/C17H21ClN4O/c1-14(20-8-2-7-19)15-3-5-16(6-4-15)21-9-11-22(12-10-21)17(23)13-18/h2-8H,1,9-13,19H2/b7-2-,20-8-. The van der Waals surface area contributed by atoms with Crippen molar-refractivity contribution in [2.75, 3.05) is 37.0 Å². The molecule has 23 heavy (non-hydrogen) atoms. The van der Waals surface area contributed by atoms with Gasteiger partial charge >= 0.3 is 0 Å². The fourth-order valence-electron chi connectivity index (χ4n) is 2.42. The van der Waals surface area contributed by atoms with E-state index in [4.69, 9.17) is 17.3 Å². The number of nitrogens with zero attached hydrogens (tertiary/aromatic N) is 3. The van der Waals surface area contributed by atoms with Crippen molar-refractivity contribution in [2.24, 2.45) is 10.7 Å². The molecule has 0 radical (unpaired) electrons. The Hall–Kier alpha value is -2.27. The number of anilines is 1. The van der Waals surface area contributed by atoms with Gasteiger partial charge in [0.05, 0.1) is 5.70 Å². The van der Waals surface area contributed by atoms with E-state index in [2.05, 4.69) is 16.5 Å². The average molecular weight is 333 g/mol. The highest BCUT2D eigenvalue weighted by Gasteiger charge is 2.20. The number of benzene rings is 1. The van der Waals surface area contributed by atoms with Gasteiger partial charge in [0, 0.05) is 38.1 Å². The first-order valence-corrected chi connectivity index (χ1v) is 7.98. The zero-order valence-electron chi connectivity index (χ0n) is 13.0. The maximum absolute atomic E-state index is 11.6. The van der Waals surface area contributed by atoms with Crippen molar-refractivity contribution in [3.8, 4) is 0 Å². The van der Waals surface area contributed by atoms with Crippen molar-refractivity contribution in [1.82, 2.24) is 4.90 Å². The second-order valence-electron chi connectivity index (χ2n) is 5.16. The van der Waals surface area contributed by atoms with E-state index < -0.39 is 0 Å². The molecule has 1 amide bonds. The summed E-state index contributed by atoms with van der Waals surface area (Å²) in [6, 6.07) is 8.09. The fourth-order valence-corrected chi connectivity index (χ4v) is 2.59. The molecule has 1 aromatic rings. The number of halogens is 1. The average Bonchev–Trinajstić information content (AvgIpc) is 2.61. The summed E-state index contributed by atoms with van der Waals surface area (Å²) in [6.45, 7) is 6.96. The van der Waals surface area contributed by atoms with Crippen LogP contribution in [0.15, 0.2) is 48.1 Å². The molecule has 0 aromatic heterocycles. The van der Waals surface area contributed by atoms with E-state index in [9.17, 15) is 4.79 Å². The lowest BCUT2D eigenvalue weighted by molar-refractivity contribution is -0.128. The van der Waals surface area contributed by atoms with Crippen LogP contribution in [0.3, 0.4) is 0 Å². The molecule has 122 valence electrons. The van der Waals surface area contributed by atoms with Crippen LogP contribution in [0, 0.1) is 0 Å². The largest absolute Gasteiger partial charge is 0.405 e. The van der Waals surface area contributed by atoms with E-state index >= 15 is 0 Å². The zero-order valence-corrected chi connectivity index (χ0v) is 13.7. The Bertz CT molecular complexity index is 602. The van der Waals surface area contributed by atoms with E-state index in [1.807, 2.05) is 24.3 Å². The molecule has 0 spiro atoms. The molecule has 1 heterocycles. The number of piperazine rings is 1. The lowest BCUT2D eigenvalue weighted by Gasteiger charge is -2.36. The Kier molecular flexibility index (Phi) is 6.23. The predicted octanol–water partition coefficient (Wildman–Crippen LogP) is 2.09. The van der Waals surface area contributed by atoms with Gasteiger partial charge in [-0.3, -0.25) is 9.79 Å². The Labute approximate surface area is 141 Å². The minimum atomic E-state index is 0.00218. The number of hydrogen-bond donors (Lipinski definition) is 1. The molecular formula is C17H21ClN4O. The molecule has 1 fully saturated rings. The fraction of sp³-hybridized carbons (Fsp3) is 0.294. The van der Waals surface area contributed by atoms with Crippen LogP contribution in [0.5, 0.6) is 0 Å². The van der Waals surface area contributed by atoms with E-state index in [-0.39, 0.29) is 11.8 Å². The Morgan fingerprint density at radius 3 is 2.48 bits per heavy atom. The normalized spacial score (nSPS) is 15.5. The molecule has 1 aliphatic heterocycles. The summed E-state index contributed by atoms with van der Waals surface area (Å²) >= 11 is 5.60. The smallest absolute Gasteiger partial charge is 0.237 e. The summed E-state index contributed by atoms with van der Waals surface area (Å²) in [4.78, 5) is 19.8. The van der Waals surface area contributed by atoms with Crippen molar-refractivity contribution in [1.29, 1.82) is 0 Å². The van der Waals surface area contributed by atoms with Crippen molar-refractivity contribution in [3.63, 3.8) is 0 Å². The maximum atomic E-state index is 11.6. The summed E-state index contributed by atoms with van der Waals surface area (Å²) < 4.78 is 0. The van der Waals surface area contributed by atoms with E-state index in [1.165, 1.54) is 6.20 Å². The third-order valence-electron chi connectivity index (χ3n) is 3.74. The molecule has 0 aliphatic carbocycles. The highest BCUT2D eigenvalue weighted by atomic mass is 35.5. The highest BCUT2D eigenvalue weighted by molar-refractivity contribution is 6.27. The van der Waals surface area contributed by atoms with Crippen molar-refractivity contribution < 1.29 is 4.79 Å². The molecule has 2 N–H and O–H groups in total. The van der Waals surface area contributed by atoms with Crippen LogP contribution < -0.4 is 10.6 Å².